The highest BCUT2D eigenvalue weighted by Gasteiger charge is 2.49. The standard InChI is InChI=1S/C31H29F2N3O4.C29H34FN3O4.C28H30FN3O3.C27H28FN3O3/c1-18-17-35(13-14-36(18)30(39)27(37)20-5-9-22(33)10-6-20)29(38)26-16-25-28(40-26)23(31(2)11-12-31)15-24(34-25)19-3-7-21(32)8-4-19;1-17(2)13-24(34)27(35)33-12-11-32(16-18(33)3)28(36)25-15-23-26(37-25)21(29(4)9-10-29)14-22(31-23)19-5-7-20(30)8-6-19;1-17-16-31(12-13-32(17)26(33)19-4-3-5-19)27(34)24-15-23-25(35-24)21(28(2)10-11-28)14-22(30-23)18-6-8-20(29)9-7-18;1-16-15-30(11-12-31(16)25(32)18-3-4-18)26(33)23-14-22-24(34-23)20(27(2)9-10-27)13-21(29-22)17-5-7-19(28)8-6-17/h3-10,15-16,18,27,37H,11-14,17H2,1-2H3;5-8,14-15,17-18,24,34H,9-13,16H2,1-4H3;6-9,14-15,17,19H,3-5,10-13,16H2,1-2H3;5-8,13-14,16,18H,3-4,9-12,15H2,1-2H3/t18-,27?;18-,24+;17-;16-/m0000/s1. The summed E-state index contributed by atoms with van der Waals surface area (Å²) in [6, 6.07) is 44.4. The third kappa shape index (κ3) is 20.5. The number of nitrogens with zero attached hydrogens (tertiary/aromatic N) is 12. The van der Waals surface area contributed by atoms with Crippen LogP contribution in [-0.2, 0) is 40.8 Å². The molecule has 10 aliphatic rings. The molecule has 6 aliphatic carbocycles. The van der Waals surface area contributed by atoms with Crippen LogP contribution in [0.4, 0.5) is 22.0 Å². The molecule has 13 aromatic rings. The third-order valence-electron chi connectivity index (χ3n) is 31.5. The number of aliphatic hydroxyl groups excluding tert-OH is 2. The Hall–Kier alpha value is -13.8. The van der Waals surface area contributed by atoms with Gasteiger partial charge in [-0.05, 0) is 278 Å². The second-order valence-electron chi connectivity index (χ2n) is 43.3. The van der Waals surface area contributed by atoms with Crippen molar-refractivity contribution in [2.75, 3.05) is 78.5 Å². The average molecular weight is 1990 g/mol. The van der Waals surface area contributed by atoms with Crippen LogP contribution in [0, 0.1) is 46.8 Å². The van der Waals surface area contributed by atoms with E-state index in [-0.39, 0.29) is 171 Å². The van der Waals surface area contributed by atoms with Gasteiger partial charge in [-0.1, -0.05) is 60.1 Å². The van der Waals surface area contributed by atoms with Crippen LogP contribution in [0.15, 0.2) is 188 Å². The van der Waals surface area contributed by atoms with E-state index in [0.29, 0.717) is 121 Å². The Balaban J connectivity index is 0.000000119. The van der Waals surface area contributed by atoms with E-state index >= 15 is 0 Å². The summed E-state index contributed by atoms with van der Waals surface area (Å²) in [5.41, 5.74) is 15.4. The molecule has 8 amide bonds. The molecular weight excluding hydrogens is 1870 g/mol. The van der Waals surface area contributed by atoms with Gasteiger partial charge in [0.15, 0.2) is 51.5 Å². The Kier molecular flexibility index (Phi) is 26.9. The molecular formula is C115H121F5N12O14. The Morgan fingerprint density at radius 2 is 0.589 bits per heavy atom. The molecule has 12 heterocycles. The number of carbonyl (C=O) groups excluding carboxylic acids is 8. The number of aromatic nitrogens is 4. The molecule has 0 bridgehead atoms. The van der Waals surface area contributed by atoms with Crippen LogP contribution >= 0.6 is 0 Å². The van der Waals surface area contributed by atoms with E-state index in [2.05, 4.69) is 27.7 Å². The number of carbonyl (C=O) groups is 8. The minimum absolute atomic E-state index is 0.00253. The molecule has 6 atom stereocenters. The molecule has 146 heavy (non-hydrogen) atoms. The smallest absolute Gasteiger partial charge is 0.289 e. The lowest BCUT2D eigenvalue weighted by Gasteiger charge is -2.42. The molecule has 1 unspecified atom stereocenters. The second kappa shape index (κ2) is 39.5. The van der Waals surface area contributed by atoms with Gasteiger partial charge in [0.2, 0.25) is 11.8 Å². The maximum Gasteiger partial charge on any atom is 0.289 e. The summed E-state index contributed by atoms with van der Waals surface area (Å²) in [6.07, 6.45) is 11.3. The number of halogens is 5. The van der Waals surface area contributed by atoms with Crippen LogP contribution < -0.4 is 0 Å². The number of rotatable bonds is 19. The summed E-state index contributed by atoms with van der Waals surface area (Å²) >= 11 is 0. The van der Waals surface area contributed by atoms with E-state index < -0.39 is 23.9 Å². The summed E-state index contributed by atoms with van der Waals surface area (Å²) in [5.74, 6) is -1.33. The zero-order chi connectivity index (χ0) is 103. The molecule has 6 saturated carbocycles. The van der Waals surface area contributed by atoms with Crippen molar-refractivity contribution in [3.8, 4) is 45.0 Å². The van der Waals surface area contributed by atoms with E-state index in [1.165, 1.54) is 72.8 Å². The minimum atomic E-state index is -1.41. The number of hydrogen-bond donors (Lipinski definition) is 2. The number of furan rings is 4. The van der Waals surface area contributed by atoms with Crippen molar-refractivity contribution in [1.29, 1.82) is 0 Å². The van der Waals surface area contributed by atoms with Crippen LogP contribution in [-0.4, -0.2) is 225 Å². The molecule has 4 aliphatic heterocycles. The van der Waals surface area contributed by atoms with Gasteiger partial charge in [0.05, 0.1) is 22.8 Å². The predicted molar refractivity (Wildman–Crippen MR) is 539 cm³/mol. The van der Waals surface area contributed by atoms with Crippen molar-refractivity contribution >= 4 is 91.7 Å². The van der Waals surface area contributed by atoms with Gasteiger partial charge in [-0.25, -0.2) is 41.9 Å². The monoisotopic (exact) mass is 1990 g/mol. The van der Waals surface area contributed by atoms with Gasteiger partial charge >= 0.3 is 0 Å². The normalized spacial score (nSPS) is 20.5. The van der Waals surface area contributed by atoms with Gasteiger partial charge in [-0.15, -0.1) is 0 Å². The van der Waals surface area contributed by atoms with E-state index in [4.69, 9.17) is 37.6 Å². The first-order valence-corrected chi connectivity index (χ1v) is 51.2. The molecule has 31 heteroatoms. The van der Waals surface area contributed by atoms with Crippen molar-refractivity contribution in [2.45, 2.75) is 217 Å². The topological polar surface area (TPSA) is 307 Å². The SMILES string of the molecule is CC(C)C[C@@H](O)C(=O)N1CCN(C(=O)c2cc3nc(-c4ccc(F)cc4)cc(C4(C)CC4)c3o2)C[C@@H]1C.C[C@H]1CN(C(=O)c2cc3nc(-c4ccc(F)cc4)cc(C4(C)CC4)c3o2)CCN1C(=O)C(O)c1ccc(F)cc1.C[C@H]1CN(C(=O)c2cc3nc(-c4ccc(F)cc4)cc(C4(C)CC4)c3o2)CCN1C(=O)C1CC1.C[C@H]1CN(C(=O)c2cc3nc(-c4ccc(F)cc4)cc(C4(C)CC4)c3o2)CCN1C(=O)C1CCC1. The van der Waals surface area contributed by atoms with Crippen molar-refractivity contribution in [3.63, 3.8) is 0 Å². The van der Waals surface area contributed by atoms with Crippen LogP contribution in [0.1, 0.15) is 235 Å². The number of piperazine rings is 4. The van der Waals surface area contributed by atoms with Gasteiger partial charge in [-0.3, -0.25) is 38.4 Å². The highest BCUT2D eigenvalue weighted by Crippen LogP contribution is 2.55. The summed E-state index contributed by atoms with van der Waals surface area (Å²) in [6.45, 7) is 25.3. The largest absolute Gasteiger partial charge is 0.449 e. The molecule has 4 saturated heterocycles. The fourth-order valence-corrected chi connectivity index (χ4v) is 20.8. The summed E-state index contributed by atoms with van der Waals surface area (Å²) in [5, 5.41) is 20.9. The molecule has 0 spiro atoms. The fraction of sp³-hybridized carbons (Fsp3) is 0.426. The molecule has 8 aromatic heterocycles. The molecule has 760 valence electrons. The summed E-state index contributed by atoms with van der Waals surface area (Å²) in [7, 11) is 0. The number of benzene rings is 5. The summed E-state index contributed by atoms with van der Waals surface area (Å²) < 4.78 is 91.7. The predicted octanol–water partition coefficient (Wildman–Crippen LogP) is 19.9. The maximum absolute atomic E-state index is 13.5. The summed E-state index contributed by atoms with van der Waals surface area (Å²) in [4.78, 5) is 138. The van der Waals surface area contributed by atoms with Crippen LogP contribution in [0.2, 0.25) is 0 Å². The first-order chi connectivity index (χ1) is 69.8. The fourth-order valence-electron chi connectivity index (χ4n) is 20.8. The van der Waals surface area contributed by atoms with Crippen LogP contribution in [0.3, 0.4) is 0 Å². The average Bonchev–Trinajstić information content (AvgIpc) is 1.60. The van der Waals surface area contributed by atoms with Crippen molar-refractivity contribution in [1.82, 2.24) is 59.1 Å². The van der Waals surface area contributed by atoms with Crippen LogP contribution in [0.25, 0.3) is 89.4 Å². The number of fused-ring (bicyclic) bond motifs is 4. The van der Waals surface area contributed by atoms with Gasteiger partial charge in [-0.2, -0.15) is 0 Å². The minimum Gasteiger partial charge on any atom is -0.449 e. The Morgan fingerprint density at radius 3 is 0.822 bits per heavy atom. The Bertz CT molecular complexity index is 7220. The zero-order valence-corrected chi connectivity index (χ0v) is 83.8. The first-order valence-electron chi connectivity index (χ1n) is 51.2. The Morgan fingerprint density at radius 1 is 0.342 bits per heavy atom. The van der Waals surface area contributed by atoms with E-state index in [1.54, 1.807) is 102 Å². The number of pyridine rings is 4. The molecule has 26 nitrogen and oxygen atoms in total. The quantitative estimate of drug-likeness (QED) is 0.0711. The lowest BCUT2D eigenvalue weighted by molar-refractivity contribution is -0.145. The third-order valence-corrected chi connectivity index (χ3v) is 31.5. The lowest BCUT2D eigenvalue weighted by Crippen LogP contribution is -2.57. The number of aliphatic hydroxyl groups is 2. The van der Waals surface area contributed by atoms with Crippen molar-refractivity contribution < 1.29 is 88.2 Å². The highest BCUT2D eigenvalue weighted by molar-refractivity contribution is 6.01. The van der Waals surface area contributed by atoms with Crippen molar-refractivity contribution in [3.05, 3.63) is 250 Å². The van der Waals surface area contributed by atoms with Gasteiger partial charge < -0.3 is 67.1 Å². The molecule has 23 rings (SSSR count). The van der Waals surface area contributed by atoms with Crippen molar-refractivity contribution in [2.24, 2.45) is 17.8 Å². The number of amides is 8. The number of hydrogen-bond acceptors (Lipinski definition) is 18. The molecule has 10 fully saturated rings. The van der Waals surface area contributed by atoms with Gasteiger partial charge in [0.1, 0.15) is 57.3 Å². The van der Waals surface area contributed by atoms with E-state index in [0.717, 1.165) is 145 Å². The molecule has 2 N–H and O–H groups in total. The second-order valence-corrected chi connectivity index (χ2v) is 43.3. The van der Waals surface area contributed by atoms with Crippen LogP contribution in [0.5, 0.6) is 0 Å². The van der Waals surface area contributed by atoms with E-state index in [9.17, 15) is 70.5 Å². The van der Waals surface area contributed by atoms with Gasteiger partial charge in [0, 0.05) is 183 Å². The van der Waals surface area contributed by atoms with E-state index in [1.807, 2.05) is 75.6 Å². The molecule has 0 radical (unpaired) electrons. The zero-order valence-electron chi connectivity index (χ0n) is 83.8. The lowest BCUT2D eigenvalue weighted by atomic mass is 9.84. The molecule has 5 aromatic carbocycles. The first kappa shape index (κ1) is 99.5. The highest BCUT2D eigenvalue weighted by atomic mass is 19.1. The van der Waals surface area contributed by atoms with Gasteiger partial charge in [0.25, 0.3) is 35.4 Å². The maximum atomic E-state index is 13.5. The Labute approximate surface area is 842 Å².